The average molecular weight is 947 g/mol. The van der Waals surface area contributed by atoms with Gasteiger partial charge in [0.25, 0.3) is 0 Å². The predicted octanol–water partition coefficient (Wildman–Crippen LogP) is 14.4. The molecule has 0 radical (unpaired) electrons. The van der Waals surface area contributed by atoms with E-state index in [0.29, 0.717) is 25.7 Å². The van der Waals surface area contributed by atoms with Crippen LogP contribution in [0, 0.1) is 0 Å². The minimum atomic E-state index is -4.76. The molecule has 378 valence electrons. The van der Waals surface area contributed by atoms with E-state index in [-0.39, 0.29) is 25.9 Å². The highest BCUT2D eigenvalue weighted by Gasteiger charge is 2.28. The molecule has 0 aliphatic heterocycles. The SMILES string of the molecule is CC/C=C\C/C=C\C/C=C\C/C=C\C/C=C\CCCC(=O)OC(COC(=O)CCCCCCC/C=C\CCCC)COP(=O)(O)OCC(CO)OC(=O)CCCCCCC/C=C\CCCC. The van der Waals surface area contributed by atoms with Gasteiger partial charge in [0.2, 0.25) is 0 Å². The van der Waals surface area contributed by atoms with Gasteiger partial charge in [-0.05, 0) is 96.3 Å². The highest BCUT2D eigenvalue weighted by Crippen LogP contribution is 2.43. The summed E-state index contributed by atoms with van der Waals surface area (Å²) >= 11 is 0. The maximum atomic E-state index is 12.8. The average Bonchev–Trinajstić information content (AvgIpc) is 3.30. The molecule has 0 bridgehead atoms. The van der Waals surface area contributed by atoms with E-state index >= 15 is 0 Å². The van der Waals surface area contributed by atoms with Crippen LogP contribution in [-0.2, 0) is 42.2 Å². The maximum absolute atomic E-state index is 12.8. The Morgan fingerprint density at radius 1 is 0.439 bits per heavy atom. The van der Waals surface area contributed by atoms with Crippen molar-refractivity contribution in [2.24, 2.45) is 0 Å². The topological polar surface area (TPSA) is 155 Å². The standard InChI is InChI=1S/C54H91O11P/c1-4-7-10-13-16-19-22-23-24-25-26-27-30-33-36-39-42-45-54(58)65-51(47-61-52(56)43-40-37-34-31-28-20-17-14-11-8-5-2)49-63-66(59,60)62-48-50(46-55)64-53(57)44-41-38-35-32-29-21-18-15-12-9-6-3/h7,10,14-19,23-24,26-27,33,36,50-51,55H,4-6,8-9,11-13,20-22,25,28-32,34-35,37-49H2,1-3H3,(H,59,60)/b10-7-,17-14-,18-15-,19-16-,24-23-,27-26-,36-33-. The molecule has 3 unspecified atom stereocenters. The second kappa shape index (κ2) is 48.1. The molecular formula is C54H91O11P. The third-order valence-corrected chi connectivity index (χ3v) is 11.2. The fourth-order valence-corrected chi connectivity index (χ4v) is 7.14. The van der Waals surface area contributed by atoms with E-state index in [4.69, 9.17) is 23.3 Å². The van der Waals surface area contributed by atoms with Gasteiger partial charge in [0.1, 0.15) is 12.7 Å². The minimum absolute atomic E-state index is 0.0842. The van der Waals surface area contributed by atoms with E-state index in [2.05, 4.69) is 93.7 Å². The molecule has 0 saturated carbocycles. The normalized spacial score (nSPS) is 14.2. The van der Waals surface area contributed by atoms with Crippen molar-refractivity contribution < 1.29 is 52.2 Å². The number of phosphoric ester groups is 1. The number of esters is 3. The lowest BCUT2D eigenvalue weighted by Crippen LogP contribution is -2.30. The number of phosphoric acid groups is 1. The van der Waals surface area contributed by atoms with Crippen molar-refractivity contribution in [2.75, 3.05) is 26.4 Å². The lowest BCUT2D eigenvalue weighted by atomic mass is 10.1. The first kappa shape index (κ1) is 62.7. The molecule has 0 aliphatic rings. The lowest BCUT2D eigenvalue weighted by Gasteiger charge is -2.21. The van der Waals surface area contributed by atoms with Crippen molar-refractivity contribution in [2.45, 2.75) is 213 Å². The van der Waals surface area contributed by atoms with Gasteiger partial charge in [-0.1, -0.05) is 170 Å². The predicted molar refractivity (Wildman–Crippen MR) is 270 cm³/mol. The van der Waals surface area contributed by atoms with Gasteiger partial charge in [-0.15, -0.1) is 0 Å². The van der Waals surface area contributed by atoms with Crippen molar-refractivity contribution >= 4 is 25.7 Å². The van der Waals surface area contributed by atoms with Crippen molar-refractivity contribution in [3.8, 4) is 0 Å². The second-order valence-electron chi connectivity index (χ2n) is 16.6. The first-order chi connectivity index (χ1) is 32.2. The Morgan fingerprint density at radius 2 is 0.803 bits per heavy atom. The zero-order valence-corrected chi connectivity index (χ0v) is 42.3. The van der Waals surface area contributed by atoms with E-state index in [9.17, 15) is 28.9 Å². The molecule has 0 spiro atoms. The summed E-state index contributed by atoms with van der Waals surface area (Å²) in [5, 5.41) is 9.75. The van der Waals surface area contributed by atoms with Crippen LogP contribution in [0.4, 0.5) is 0 Å². The van der Waals surface area contributed by atoms with Crippen LogP contribution in [0.1, 0.15) is 201 Å². The summed E-state index contributed by atoms with van der Waals surface area (Å²) < 4.78 is 39.2. The van der Waals surface area contributed by atoms with Crippen molar-refractivity contribution in [1.29, 1.82) is 0 Å². The Hall–Kier alpha value is -3.34. The number of ether oxygens (including phenoxy) is 3. The number of hydrogen-bond donors (Lipinski definition) is 2. The molecule has 66 heavy (non-hydrogen) atoms. The quantitative estimate of drug-likeness (QED) is 0.0197. The summed E-state index contributed by atoms with van der Waals surface area (Å²) in [4.78, 5) is 48.2. The highest BCUT2D eigenvalue weighted by atomic mass is 31.2. The lowest BCUT2D eigenvalue weighted by molar-refractivity contribution is -0.161. The molecular weight excluding hydrogens is 856 g/mol. The first-order valence-corrected chi connectivity index (χ1v) is 27.0. The van der Waals surface area contributed by atoms with E-state index in [0.717, 1.165) is 109 Å². The highest BCUT2D eigenvalue weighted by molar-refractivity contribution is 7.47. The van der Waals surface area contributed by atoms with Crippen LogP contribution in [0.3, 0.4) is 0 Å². The van der Waals surface area contributed by atoms with Crippen LogP contribution in [0.5, 0.6) is 0 Å². The number of carbonyl (C=O) groups excluding carboxylic acids is 3. The number of allylic oxidation sites excluding steroid dienone is 14. The molecule has 0 aromatic rings. The molecule has 0 aliphatic carbocycles. The summed E-state index contributed by atoms with van der Waals surface area (Å²) in [5.41, 5.74) is 0. The summed E-state index contributed by atoms with van der Waals surface area (Å²) in [6.45, 7) is 4.33. The molecule has 0 aromatic carbocycles. The molecule has 0 amide bonds. The Bertz CT molecular complexity index is 1430. The Labute approximate surface area is 400 Å². The number of carbonyl (C=O) groups is 3. The largest absolute Gasteiger partial charge is 0.472 e. The van der Waals surface area contributed by atoms with Crippen LogP contribution in [0.2, 0.25) is 0 Å². The van der Waals surface area contributed by atoms with Crippen molar-refractivity contribution in [3.63, 3.8) is 0 Å². The molecule has 0 aromatic heterocycles. The van der Waals surface area contributed by atoms with Gasteiger partial charge in [-0.25, -0.2) is 4.57 Å². The summed E-state index contributed by atoms with van der Waals surface area (Å²) in [6.07, 6.45) is 52.8. The number of unbranched alkanes of at least 4 members (excludes halogenated alkanes) is 15. The van der Waals surface area contributed by atoms with Gasteiger partial charge in [0.05, 0.1) is 19.8 Å². The van der Waals surface area contributed by atoms with Crippen molar-refractivity contribution in [1.82, 2.24) is 0 Å². The van der Waals surface area contributed by atoms with Gasteiger partial charge in [-0.2, -0.15) is 0 Å². The Morgan fingerprint density at radius 3 is 1.29 bits per heavy atom. The van der Waals surface area contributed by atoms with E-state index in [1.807, 2.05) is 12.2 Å². The van der Waals surface area contributed by atoms with Crippen LogP contribution >= 0.6 is 7.82 Å². The third-order valence-electron chi connectivity index (χ3n) is 10.3. The molecule has 0 rings (SSSR count). The summed E-state index contributed by atoms with van der Waals surface area (Å²) in [6, 6.07) is 0. The van der Waals surface area contributed by atoms with Gasteiger partial charge in [0.15, 0.2) is 6.10 Å². The molecule has 0 saturated heterocycles. The summed E-state index contributed by atoms with van der Waals surface area (Å²) in [5.74, 6) is -1.57. The second-order valence-corrected chi connectivity index (χ2v) is 18.0. The van der Waals surface area contributed by atoms with E-state index < -0.39 is 57.8 Å². The molecule has 2 N–H and O–H groups in total. The number of aliphatic hydroxyl groups excluding tert-OH is 1. The zero-order chi connectivity index (χ0) is 48.4. The maximum Gasteiger partial charge on any atom is 0.472 e. The van der Waals surface area contributed by atoms with Gasteiger partial charge in [0, 0.05) is 19.3 Å². The smallest absolute Gasteiger partial charge is 0.462 e. The van der Waals surface area contributed by atoms with Crippen LogP contribution in [0.15, 0.2) is 85.1 Å². The van der Waals surface area contributed by atoms with Gasteiger partial charge < -0.3 is 24.2 Å². The van der Waals surface area contributed by atoms with Gasteiger partial charge in [-0.3, -0.25) is 23.4 Å². The molecule has 12 heteroatoms. The first-order valence-electron chi connectivity index (χ1n) is 25.5. The fourth-order valence-electron chi connectivity index (χ4n) is 6.35. The molecule has 3 atom stereocenters. The minimum Gasteiger partial charge on any atom is -0.462 e. The van der Waals surface area contributed by atoms with E-state index in [1.165, 1.54) is 25.7 Å². The van der Waals surface area contributed by atoms with Crippen LogP contribution in [-0.4, -0.2) is 66.5 Å². The van der Waals surface area contributed by atoms with Crippen LogP contribution in [0.25, 0.3) is 0 Å². The van der Waals surface area contributed by atoms with Crippen LogP contribution < -0.4 is 0 Å². The fraction of sp³-hybridized carbons (Fsp3) is 0.685. The molecule has 0 fully saturated rings. The number of hydrogen-bond acceptors (Lipinski definition) is 10. The third kappa shape index (κ3) is 45.8. The molecule has 0 heterocycles. The summed E-state index contributed by atoms with van der Waals surface area (Å²) in [7, 11) is -4.76. The number of rotatable bonds is 46. The Kier molecular flexibility index (Phi) is 45.7. The monoisotopic (exact) mass is 947 g/mol. The zero-order valence-electron chi connectivity index (χ0n) is 41.4. The number of aliphatic hydroxyl groups is 1. The van der Waals surface area contributed by atoms with Gasteiger partial charge >= 0.3 is 25.7 Å². The van der Waals surface area contributed by atoms with Crippen molar-refractivity contribution in [3.05, 3.63) is 85.1 Å². The molecule has 11 nitrogen and oxygen atoms in total. The Balaban J connectivity index is 4.86. The van der Waals surface area contributed by atoms with E-state index in [1.54, 1.807) is 0 Å².